The molecule has 1 atom stereocenters. The molecular formula is C16H22N6O. The van der Waals surface area contributed by atoms with Gasteiger partial charge in [-0.15, -0.1) is 5.10 Å². The summed E-state index contributed by atoms with van der Waals surface area (Å²) < 4.78 is 1.81. The predicted molar refractivity (Wildman–Crippen MR) is 85.5 cm³/mol. The van der Waals surface area contributed by atoms with Gasteiger partial charge in [-0.25, -0.2) is 4.68 Å². The minimum absolute atomic E-state index is 0.104. The van der Waals surface area contributed by atoms with Gasteiger partial charge in [-0.2, -0.15) is 0 Å². The van der Waals surface area contributed by atoms with Crippen LogP contribution in [-0.4, -0.2) is 50.1 Å². The number of carbonyl (C=O) groups is 1. The van der Waals surface area contributed by atoms with Crippen molar-refractivity contribution in [3.8, 4) is 0 Å². The molecule has 0 spiro atoms. The van der Waals surface area contributed by atoms with Crippen molar-refractivity contribution in [1.82, 2.24) is 30.4 Å². The number of rotatable bonds is 5. The van der Waals surface area contributed by atoms with Gasteiger partial charge < -0.3 is 5.32 Å². The number of nitrogens with zero attached hydrogens (tertiary/aromatic N) is 5. The molecule has 0 radical (unpaired) electrons. The zero-order valence-corrected chi connectivity index (χ0v) is 13.4. The summed E-state index contributed by atoms with van der Waals surface area (Å²) in [4.78, 5) is 14.3. The molecule has 0 aliphatic carbocycles. The molecule has 1 aromatic heterocycles. The Bertz CT molecular complexity index is 641. The highest BCUT2D eigenvalue weighted by Crippen LogP contribution is 2.13. The van der Waals surface area contributed by atoms with E-state index < -0.39 is 0 Å². The summed E-state index contributed by atoms with van der Waals surface area (Å²) in [6, 6.07) is 10.0. The first kappa shape index (κ1) is 15.6. The largest absolute Gasteiger partial charge is 0.355 e. The monoisotopic (exact) mass is 314 g/mol. The summed E-state index contributed by atoms with van der Waals surface area (Å²) in [6.07, 6.45) is 1.73. The van der Waals surface area contributed by atoms with Crippen LogP contribution >= 0.6 is 0 Å². The molecule has 23 heavy (non-hydrogen) atoms. The van der Waals surface area contributed by atoms with Crippen molar-refractivity contribution in [2.45, 2.75) is 38.9 Å². The number of hydrogen-bond donors (Lipinski definition) is 1. The Morgan fingerprint density at radius 1 is 1.26 bits per heavy atom. The van der Waals surface area contributed by atoms with Gasteiger partial charge in [0.15, 0.2) is 5.82 Å². The highest BCUT2D eigenvalue weighted by Gasteiger charge is 2.27. The Labute approximate surface area is 135 Å². The van der Waals surface area contributed by atoms with Gasteiger partial charge in [0, 0.05) is 13.1 Å². The van der Waals surface area contributed by atoms with Gasteiger partial charge in [-0.05, 0) is 28.8 Å². The molecule has 3 rings (SSSR count). The van der Waals surface area contributed by atoms with E-state index in [0.29, 0.717) is 13.1 Å². The van der Waals surface area contributed by atoms with Crippen LogP contribution in [-0.2, 0) is 17.9 Å². The number of carbonyl (C=O) groups excluding carboxylic acids is 1. The Balaban J connectivity index is 1.75. The summed E-state index contributed by atoms with van der Waals surface area (Å²) in [5, 5.41) is 15.0. The van der Waals surface area contributed by atoms with Crippen molar-refractivity contribution in [1.29, 1.82) is 0 Å². The van der Waals surface area contributed by atoms with Crippen molar-refractivity contribution in [2.24, 2.45) is 0 Å². The first-order valence-electron chi connectivity index (χ1n) is 8.08. The molecule has 1 amide bonds. The lowest BCUT2D eigenvalue weighted by molar-refractivity contribution is -0.125. The molecular weight excluding hydrogens is 292 g/mol. The topological polar surface area (TPSA) is 75.9 Å². The average Bonchev–Trinajstić information content (AvgIpc) is 2.91. The second kappa shape index (κ2) is 7.32. The van der Waals surface area contributed by atoms with Crippen molar-refractivity contribution in [3.05, 3.63) is 41.7 Å². The summed E-state index contributed by atoms with van der Waals surface area (Å²) >= 11 is 0. The molecule has 0 saturated carbocycles. The van der Waals surface area contributed by atoms with Gasteiger partial charge in [0.05, 0.1) is 19.1 Å². The quantitative estimate of drug-likeness (QED) is 0.884. The van der Waals surface area contributed by atoms with E-state index in [1.807, 2.05) is 29.8 Å². The first-order chi connectivity index (χ1) is 11.3. The van der Waals surface area contributed by atoms with Crippen LogP contribution in [0.2, 0.25) is 0 Å². The molecule has 1 N–H and O–H groups in total. The van der Waals surface area contributed by atoms with Crippen LogP contribution in [0.5, 0.6) is 0 Å². The van der Waals surface area contributed by atoms with Crippen molar-refractivity contribution in [2.75, 3.05) is 13.1 Å². The second-order valence-corrected chi connectivity index (χ2v) is 5.78. The zero-order valence-electron chi connectivity index (χ0n) is 13.4. The Morgan fingerprint density at radius 2 is 2.09 bits per heavy atom. The van der Waals surface area contributed by atoms with Crippen LogP contribution < -0.4 is 5.32 Å². The second-order valence-electron chi connectivity index (χ2n) is 5.78. The summed E-state index contributed by atoms with van der Waals surface area (Å²) in [6.45, 7) is 4.87. The van der Waals surface area contributed by atoms with Crippen LogP contribution in [0.25, 0.3) is 0 Å². The number of hydrogen-bond acceptors (Lipinski definition) is 5. The van der Waals surface area contributed by atoms with E-state index in [2.05, 4.69) is 37.9 Å². The van der Waals surface area contributed by atoms with Crippen LogP contribution in [0.15, 0.2) is 30.3 Å². The fourth-order valence-corrected chi connectivity index (χ4v) is 2.96. The van der Waals surface area contributed by atoms with Crippen molar-refractivity contribution < 1.29 is 4.79 Å². The summed E-state index contributed by atoms with van der Waals surface area (Å²) in [5.74, 6) is 0.897. The lowest BCUT2D eigenvalue weighted by Gasteiger charge is -2.26. The molecule has 1 aliphatic rings. The van der Waals surface area contributed by atoms with E-state index in [9.17, 15) is 4.79 Å². The molecule has 2 aromatic rings. The van der Waals surface area contributed by atoms with Gasteiger partial charge in [0.1, 0.15) is 0 Å². The van der Waals surface area contributed by atoms with Crippen LogP contribution in [0.1, 0.15) is 31.2 Å². The Hall–Kier alpha value is -2.28. The maximum absolute atomic E-state index is 12.1. The van der Waals surface area contributed by atoms with E-state index in [1.54, 1.807) is 0 Å². The number of aromatic nitrogens is 4. The minimum atomic E-state index is -0.112. The molecule has 7 heteroatoms. The number of amides is 1. The highest BCUT2D eigenvalue weighted by atomic mass is 16.2. The normalized spacial score (nSPS) is 19.3. The van der Waals surface area contributed by atoms with E-state index in [4.69, 9.17) is 0 Å². The van der Waals surface area contributed by atoms with Crippen LogP contribution in [0.3, 0.4) is 0 Å². The van der Waals surface area contributed by atoms with Gasteiger partial charge in [0.25, 0.3) is 0 Å². The standard InChI is InChI=1S/C16H22N6O/c1-2-14-16(23)17-9-6-10-21(14)12-15-18-19-20-22(15)11-13-7-4-3-5-8-13/h3-5,7-8,14H,2,6,9-12H2,1H3,(H,17,23)/t14-/m1/s1. The highest BCUT2D eigenvalue weighted by molar-refractivity contribution is 5.81. The summed E-state index contributed by atoms with van der Waals surface area (Å²) in [7, 11) is 0. The maximum atomic E-state index is 12.1. The number of nitrogens with one attached hydrogen (secondary N) is 1. The Morgan fingerprint density at radius 3 is 2.87 bits per heavy atom. The zero-order chi connectivity index (χ0) is 16.1. The Kier molecular flexibility index (Phi) is 4.97. The molecule has 1 fully saturated rings. The van der Waals surface area contributed by atoms with Gasteiger partial charge in [-0.1, -0.05) is 37.3 Å². The van der Waals surface area contributed by atoms with E-state index in [1.165, 1.54) is 0 Å². The average molecular weight is 314 g/mol. The summed E-state index contributed by atoms with van der Waals surface area (Å²) in [5.41, 5.74) is 1.15. The molecule has 122 valence electrons. The lowest BCUT2D eigenvalue weighted by Crippen LogP contribution is -2.43. The number of tetrazole rings is 1. The molecule has 0 unspecified atom stereocenters. The predicted octanol–water partition coefficient (Wildman–Crippen LogP) is 0.822. The van der Waals surface area contributed by atoms with Crippen LogP contribution in [0.4, 0.5) is 0 Å². The molecule has 2 heterocycles. The van der Waals surface area contributed by atoms with Crippen molar-refractivity contribution >= 4 is 5.91 Å². The molecule has 1 aromatic carbocycles. The third-order valence-corrected chi connectivity index (χ3v) is 4.18. The fraction of sp³-hybridized carbons (Fsp3) is 0.500. The van der Waals surface area contributed by atoms with Gasteiger partial charge >= 0.3 is 0 Å². The van der Waals surface area contributed by atoms with E-state index in [0.717, 1.165) is 37.3 Å². The smallest absolute Gasteiger partial charge is 0.237 e. The SMILES string of the molecule is CC[C@@H]1C(=O)NCCCN1Cc1nnnn1Cc1ccccc1. The van der Waals surface area contributed by atoms with Gasteiger partial charge in [-0.3, -0.25) is 9.69 Å². The third kappa shape index (κ3) is 3.73. The third-order valence-electron chi connectivity index (χ3n) is 4.18. The van der Waals surface area contributed by atoms with Gasteiger partial charge in [0.2, 0.25) is 5.91 Å². The minimum Gasteiger partial charge on any atom is -0.355 e. The number of benzene rings is 1. The first-order valence-corrected chi connectivity index (χ1v) is 8.08. The maximum Gasteiger partial charge on any atom is 0.237 e. The van der Waals surface area contributed by atoms with Crippen molar-refractivity contribution in [3.63, 3.8) is 0 Å². The molecule has 7 nitrogen and oxygen atoms in total. The lowest BCUT2D eigenvalue weighted by atomic mass is 10.1. The fourth-order valence-electron chi connectivity index (χ4n) is 2.96. The van der Waals surface area contributed by atoms with Crippen LogP contribution in [0, 0.1) is 0 Å². The molecule has 0 bridgehead atoms. The van der Waals surface area contributed by atoms with E-state index >= 15 is 0 Å². The molecule has 1 aliphatic heterocycles. The van der Waals surface area contributed by atoms with E-state index in [-0.39, 0.29) is 11.9 Å². The molecule has 1 saturated heterocycles.